The Bertz CT molecular complexity index is 1500. The van der Waals surface area contributed by atoms with Crippen LogP contribution in [0, 0.1) is 6.92 Å². The van der Waals surface area contributed by atoms with Gasteiger partial charge in [-0.05, 0) is 62.2 Å². The highest BCUT2D eigenvalue weighted by Gasteiger charge is 2.27. The summed E-state index contributed by atoms with van der Waals surface area (Å²) in [6, 6.07) is 19.2. The average molecular weight is 552 g/mol. The van der Waals surface area contributed by atoms with E-state index in [-0.39, 0.29) is 11.6 Å². The topological polar surface area (TPSA) is 67.2 Å². The molecule has 6 nitrogen and oxygen atoms in total. The second-order valence-corrected chi connectivity index (χ2v) is 10.2. The van der Waals surface area contributed by atoms with Gasteiger partial charge in [-0.1, -0.05) is 79.7 Å². The van der Waals surface area contributed by atoms with Crippen LogP contribution >= 0.6 is 23.2 Å². The molecule has 0 aliphatic heterocycles. The Labute approximate surface area is 233 Å². The molecule has 1 unspecified atom stereocenters. The number of carbonyl (C=O) groups excluding carboxylic acids is 1. The molecule has 4 rings (SSSR count). The molecule has 0 radical (unpaired) electrons. The first-order valence-corrected chi connectivity index (χ1v) is 13.7. The number of aromatic nitrogens is 2. The molecule has 1 heterocycles. The Morgan fingerprint density at radius 3 is 2.47 bits per heavy atom. The fraction of sp³-hybridized carbons (Fsp3) is 0.300. The minimum Gasteiger partial charge on any atom is -0.315 e. The summed E-state index contributed by atoms with van der Waals surface area (Å²) in [6.07, 6.45) is 3.99. The van der Waals surface area contributed by atoms with Crippen LogP contribution in [-0.2, 0) is 0 Å². The predicted molar refractivity (Wildman–Crippen MR) is 157 cm³/mol. The van der Waals surface area contributed by atoms with Crippen LogP contribution in [0.2, 0.25) is 10.0 Å². The Morgan fingerprint density at radius 2 is 1.74 bits per heavy atom. The molecular weight excluding hydrogens is 519 g/mol. The van der Waals surface area contributed by atoms with Crippen molar-refractivity contribution in [3.8, 4) is 5.69 Å². The highest BCUT2D eigenvalue weighted by Crippen LogP contribution is 2.28. The maximum absolute atomic E-state index is 13.8. The number of aryl methyl sites for hydroxylation is 1. The number of unbranched alkanes of at least 4 members (excludes halogenated alkanes) is 3. The lowest BCUT2D eigenvalue weighted by Gasteiger charge is -2.31. The number of anilines is 1. The number of hydrogen-bond acceptors (Lipinski definition) is 3. The highest BCUT2D eigenvalue weighted by molar-refractivity contribution is 6.42. The average Bonchev–Trinajstić information content (AvgIpc) is 2.91. The van der Waals surface area contributed by atoms with Crippen molar-refractivity contribution in [1.29, 1.82) is 0 Å². The molecule has 0 bridgehead atoms. The van der Waals surface area contributed by atoms with E-state index in [4.69, 9.17) is 28.2 Å². The van der Waals surface area contributed by atoms with Crippen molar-refractivity contribution < 1.29 is 4.79 Å². The quantitative estimate of drug-likeness (QED) is 0.213. The highest BCUT2D eigenvalue weighted by atomic mass is 35.5. The number of amides is 2. The van der Waals surface area contributed by atoms with Crippen molar-refractivity contribution in [3.63, 3.8) is 0 Å². The van der Waals surface area contributed by atoms with Gasteiger partial charge in [0, 0.05) is 12.2 Å². The van der Waals surface area contributed by atoms with E-state index in [1.54, 1.807) is 33.7 Å². The molecule has 8 heteroatoms. The Balaban J connectivity index is 1.80. The van der Waals surface area contributed by atoms with Crippen LogP contribution in [0.5, 0.6) is 0 Å². The van der Waals surface area contributed by atoms with E-state index < -0.39 is 6.04 Å². The van der Waals surface area contributed by atoms with Crippen LogP contribution in [0.1, 0.15) is 57.0 Å². The van der Waals surface area contributed by atoms with Gasteiger partial charge in [0.2, 0.25) is 0 Å². The molecular formula is C30H32Cl2N4O2. The Morgan fingerprint density at radius 1 is 1.00 bits per heavy atom. The molecule has 3 aromatic carbocycles. The molecule has 0 aliphatic carbocycles. The molecule has 0 saturated carbocycles. The van der Waals surface area contributed by atoms with Gasteiger partial charge in [-0.2, -0.15) is 0 Å². The van der Waals surface area contributed by atoms with Gasteiger partial charge in [-0.25, -0.2) is 9.78 Å². The van der Waals surface area contributed by atoms with Crippen molar-refractivity contribution >= 4 is 45.8 Å². The SMILES string of the molecule is CCCCCCN(C(=O)Nc1ccc(Cl)c(Cl)c1)C(C)c1nc2ccccc2c(=O)n1-c1ccccc1C. The monoisotopic (exact) mass is 550 g/mol. The van der Waals surface area contributed by atoms with E-state index in [2.05, 4.69) is 12.2 Å². The van der Waals surface area contributed by atoms with Crippen molar-refractivity contribution in [3.05, 3.63) is 98.5 Å². The fourth-order valence-electron chi connectivity index (χ4n) is 4.57. The Hall–Kier alpha value is -3.35. The van der Waals surface area contributed by atoms with Gasteiger partial charge in [0.15, 0.2) is 0 Å². The number of rotatable bonds is 9. The van der Waals surface area contributed by atoms with Gasteiger partial charge < -0.3 is 10.2 Å². The minimum atomic E-state index is -0.503. The molecule has 1 atom stereocenters. The summed E-state index contributed by atoms with van der Waals surface area (Å²) < 4.78 is 1.65. The first-order chi connectivity index (χ1) is 18.3. The number of nitrogens with one attached hydrogen (secondary N) is 1. The summed E-state index contributed by atoms with van der Waals surface area (Å²) in [7, 11) is 0. The van der Waals surface area contributed by atoms with E-state index in [0.29, 0.717) is 39.0 Å². The maximum Gasteiger partial charge on any atom is 0.322 e. The van der Waals surface area contributed by atoms with Gasteiger partial charge in [-0.15, -0.1) is 0 Å². The zero-order valence-corrected chi connectivity index (χ0v) is 23.4. The minimum absolute atomic E-state index is 0.164. The lowest BCUT2D eigenvalue weighted by Crippen LogP contribution is -2.40. The largest absolute Gasteiger partial charge is 0.322 e. The summed E-state index contributed by atoms with van der Waals surface area (Å²) in [5, 5.41) is 4.25. The molecule has 0 fully saturated rings. The fourth-order valence-corrected chi connectivity index (χ4v) is 4.86. The summed E-state index contributed by atoms with van der Waals surface area (Å²) in [6.45, 7) is 6.53. The molecule has 1 N–H and O–H groups in total. The molecule has 0 aliphatic rings. The smallest absolute Gasteiger partial charge is 0.315 e. The maximum atomic E-state index is 13.8. The second-order valence-electron chi connectivity index (χ2n) is 9.40. The van der Waals surface area contributed by atoms with E-state index in [1.807, 2.05) is 56.3 Å². The summed E-state index contributed by atoms with van der Waals surface area (Å²) >= 11 is 12.2. The number of para-hydroxylation sites is 2. The first-order valence-electron chi connectivity index (χ1n) is 12.9. The summed E-state index contributed by atoms with van der Waals surface area (Å²) in [5.41, 5.74) is 2.66. The zero-order chi connectivity index (χ0) is 27.2. The van der Waals surface area contributed by atoms with Crippen LogP contribution < -0.4 is 10.9 Å². The summed E-state index contributed by atoms with van der Waals surface area (Å²) in [4.78, 5) is 34.2. The van der Waals surface area contributed by atoms with Crippen LogP contribution in [0.15, 0.2) is 71.5 Å². The molecule has 0 spiro atoms. The molecule has 4 aromatic rings. The molecule has 38 heavy (non-hydrogen) atoms. The lowest BCUT2D eigenvalue weighted by atomic mass is 10.1. The molecule has 0 saturated heterocycles. The van der Waals surface area contributed by atoms with Crippen LogP contribution in [0.25, 0.3) is 16.6 Å². The predicted octanol–water partition coefficient (Wildman–Crippen LogP) is 8.18. The number of halogens is 2. The number of nitrogens with zero attached hydrogens (tertiary/aromatic N) is 3. The number of fused-ring (bicyclic) bond motifs is 1. The van der Waals surface area contributed by atoms with Gasteiger partial charge in [0.05, 0.1) is 32.7 Å². The number of benzene rings is 3. The standard InChI is InChI=1S/C30H32Cl2N4O2/c1-4-5-6-11-18-35(30(38)33-22-16-17-24(31)25(32)19-22)21(3)28-34-26-14-9-8-13-23(26)29(37)36(28)27-15-10-7-12-20(27)2/h7-10,12-17,19,21H,4-6,11,18H2,1-3H3,(H,33,38). The summed E-state index contributed by atoms with van der Waals surface area (Å²) in [5.74, 6) is 0.503. The zero-order valence-electron chi connectivity index (χ0n) is 21.9. The van der Waals surface area contributed by atoms with Gasteiger partial charge in [-0.3, -0.25) is 9.36 Å². The van der Waals surface area contributed by atoms with E-state index in [0.717, 1.165) is 36.9 Å². The number of hydrogen-bond donors (Lipinski definition) is 1. The van der Waals surface area contributed by atoms with Crippen LogP contribution in [0.4, 0.5) is 10.5 Å². The van der Waals surface area contributed by atoms with Crippen molar-refractivity contribution in [2.45, 2.75) is 52.5 Å². The molecule has 198 valence electrons. The Kier molecular flexibility index (Phi) is 9.08. The van der Waals surface area contributed by atoms with Crippen LogP contribution in [0.3, 0.4) is 0 Å². The van der Waals surface area contributed by atoms with Gasteiger partial charge in [0.25, 0.3) is 5.56 Å². The first kappa shape index (κ1) is 27.7. The van der Waals surface area contributed by atoms with Gasteiger partial charge in [0.1, 0.15) is 5.82 Å². The van der Waals surface area contributed by atoms with E-state index in [9.17, 15) is 9.59 Å². The van der Waals surface area contributed by atoms with E-state index >= 15 is 0 Å². The number of carbonyl (C=O) groups is 1. The normalized spacial score (nSPS) is 11.9. The molecule has 1 aromatic heterocycles. The van der Waals surface area contributed by atoms with Crippen LogP contribution in [-0.4, -0.2) is 27.0 Å². The third-order valence-corrected chi connectivity index (χ3v) is 7.42. The third kappa shape index (κ3) is 6.03. The van der Waals surface area contributed by atoms with Gasteiger partial charge >= 0.3 is 6.03 Å². The van der Waals surface area contributed by atoms with E-state index in [1.165, 1.54) is 0 Å². The van der Waals surface area contributed by atoms with Crippen molar-refractivity contribution in [2.24, 2.45) is 0 Å². The molecule has 2 amide bonds. The van der Waals surface area contributed by atoms with Crippen molar-refractivity contribution in [2.75, 3.05) is 11.9 Å². The number of urea groups is 1. The van der Waals surface area contributed by atoms with Crippen molar-refractivity contribution in [1.82, 2.24) is 14.5 Å². The third-order valence-electron chi connectivity index (χ3n) is 6.68. The second kappa shape index (κ2) is 12.5. The lowest BCUT2D eigenvalue weighted by molar-refractivity contribution is 0.187.